The van der Waals surface area contributed by atoms with Crippen molar-refractivity contribution in [3.8, 4) is 22.8 Å². The molecule has 0 saturated carbocycles. The molecule has 2 heterocycles. The monoisotopic (exact) mass is 412 g/mol. The fraction of sp³-hybridized carbons (Fsp3) is 0.348. The normalized spacial score (nSPS) is 14.8. The van der Waals surface area contributed by atoms with Crippen molar-refractivity contribution in [1.29, 1.82) is 0 Å². The number of aromatic nitrogens is 1. The van der Waals surface area contributed by atoms with E-state index in [1.54, 1.807) is 0 Å². The minimum Gasteiger partial charge on any atom is -0.507 e. The molecule has 0 amide bonds. The SMILES string of the molecule is CC(C)(C)c1ccc(CN2CCc3noc(-c4cc(Cl)c(O)cc4O)c3C2)cc1. The van der Waals surface area contributed by atoms with Crippen molar-refractivity contribution in [2.24, 2.45) is 0 Å². The molecule has 1 aliphatic heterocycles. The molecule has 0 radical (unpaired) electrons. The maximum atomic E-state index is 10.3. The van der Waals surface area contributed by atoms with E-state index >= 15 is 0 Å². The van der Waals surface area contributed by atoms with E-state index in [2.05, 4.69) is 55.1 Å². The van der Waals surface area contributed by atoms with Crippen LogP contribution < -0.4 is 0 Å². The third kappa shape index (κ3) is 3.98. The lowest BCUT2D eigenvalue weighted by Gasteiger charge is -2.26. The first kappa shape index (κ1) is 19.8. The van der Waals surface area contributed by atoms with E-state index in [1.807, 2.05) is 0 Å². The molecule has 1 aliphatic rings. The molecule has 6 heteroatoms. The van der Waals surface area contributed by atoms with E-state index < -0.39 is 0 Å². The van der Waals surface area contributed by atoms with Gasteiger partial charge in [-0.05, 0) is 22.6 Å². The summed E-state index contributed by atoms with van der Waals surface area (Å²) in [6.07, 6.45) is 0.783. The van der Waals surface area contributed by atoms with Gasteiger partial charge in [-0.1, -0.05) is 61.8 Å². The van der Waals surface area contributed by atoms with E-state index in [4.69, 9.17) is 16.1 Å². The topological polar surface area (TPSA) is 69.7 Å². The lowest BCUT2D eigenvalue weighted by atomic mass is 9.86. The Morgan fingerprint density at radius 2 is 1.83 bits per heavy atom. The Bertz CT molecular complexity index is 1040. The van der Waals surface area contributed by atoms with Crippen LogP contribution in [-0.2, 0) is 24.9 Å². The number of aromatic hydroxyl groups is 2. The van der Waals surface area contributed by atoms with E-state index in [0.29, 0.717) is 17.9 Å². The summed E-state index contributed by atoms with van der Waals surface area (Å²) in [6, 6.07) is 11.5. The van der Waals surface area contributed by atoms with Gasteiger partial charge in [0.05, 0.1) is 16.3 Å². The number of fused-ring (bicyclic) bond motifs is 1. The third-order valence-electron chi connectivity index (χ3n) is 5.45. The molecule has 0 saturated heterocycles. The van der Waals surface area contributed by atoms with Gasteiger partial charge in [-0.2, -0.15) is 0 Å². The highest BCUT2D eigenvalue weighted by Gasteiger charge is 2.27. The predicted octanol–water partition coefficient (Wildman–Crippen LogP) is 5.26. The van der Waals surface area contributed by atoms with E-state index in [9.17, 15) is 10.2 Å². The first-order valence-electron chi connectivity index (χ1n) is 9.73. The van der Waals surface area contributed by atoms with Gasteiger partial charge in [-0.3, -0.25) is 4.90 Å². The Morgan fingerprint density at radius 1 is 1.10 bits per heavy atom. The highest BCUT2D eigenvalue weighted by Crippen LogP contribution is 2.40. The zero-order valence-corrected chi connectivity index (χ0v) is 17.6. The Labute approximate surface area is 175 Å². The summed E-state index contributed by atoms with van der Waals surface area (Å²) in [4.78, 5) is 2.34. The van der Waals surface area contributed by atoms with Crippen LogP contribution in [0.5, 0.6) is 11.5 Å². The second-order valence-corrected chi connectivity index (χ2v) is 9.07. The number of nitrogens with zero attached hydrogens (tertiary/aromatic N) is 2. The number of benzene rings is 2. The van der Waals surface area contributed by atoms with Gasteiger partial charge in [0, 0.05) is 37.7 Å². The molecule has 0 unspecified atom stereocenters. The summed E-state index contributed by atoms with van der Waals surface area (Å²) in [7, 11) is 0. The lowest BCUT2D eigenvalue weighted by molar-refractivity contribution is 0.245. The number of hydrogen-bond donors (Lipinski definition) is 2. The van der Waals surface area contributed by atoms with Crippen molar-refractivity contribution < 1.29 is 14.7 Å². The molecular formula is C23H25ClN2O3. The number of halogens is 1. The minimum absolute atomic E-state index is 0.0826. The molecule has 1 aromatic heterocycles. The third-order valence-corrected chi connectivity index (χ3v) is 5.75. The molecular weight excluding hydrogens is 388 g/mol. The summed E-state index contributed by atoms with van der Waals surface area (Å²) in [5.74, 6) is 0.259. The molecule has 29 heavy (non-hydrogen) atoms. The molecule has 5 nitrogen and oxygen atoms in total. The van der Waals surface area contributed by atoms with Gasteiger partial charge in [0.2, 0.25) is 0 Å². The second kappa shape index (κ2) is 7.39. The Balaban J connectivity index is 1.56. The van der Waals surface area contributed by atoms with Crippen molar-refractivity contribution in [3.05, 3.63) is 63.8 Å². The average molecular weight is 413 g/mol. The molecule has 0 spiro atoms. The first-order valence-corrected chi connectivity index (χ1v) is 10.1. The summed E-state index contributed by atoms with van der Waals surface area (Å²) >= 11 is 6.03. The van der Waals surface area contributed by atoms with Gasteiger partial charge >= 0.3 is 0 Å². The van der Waals surface area contributed by atoms with Crippen LogP contribution in [0.4, 0.5) is 0 Å². The van der Waals surface area contributed by atoms with Crippen LogP contribution in [0.2, 0.25) is 5.02 Å². The molecule has 0 aliphatic carbocycles. The van der Waals surface area contributed by atoms with Crippen LogP contribution in [-0.4, -0.2) is 26.8 Å². The number of phenols is 2. The average Bonchev–Trinajstić information content (AvgIpc) is 3.07. The summed E-state index contributed by atoms with van der Waals surface area (Å²) in [6.45, 7) is 9.04. The molecule has 0 atom stereocenters. The zero-order valence-electron chi connectivity index (χ0n) is 16.9. The van der Waals surface area contributed by atoms with Crippen LogP contribution >= 0.6 is 11.6 Å². The molecule has 4 rings (SSSR count). The maximum absolute atomic E-state index is 10.3. The first-order chi connectivity index (χ1) is 13.7. The van der Waals surface area contributed by atoms with Crippen LogP contribution in [0.15, 0.2) is 40.9 Å². The Morgan fingerprint density at radius 3 is 2.52 bits per heavy atom. The molecule has 0 bridgehead atoms. The van der Waals surface area contributed by atoms with Crippen molar-refractivity contribution in [2.75, 3.05) is 6.54 Å². The lowest BCUT2D eigenvalue weighted by Crippen LogP contribution is -2.30. The number of hydrogen-bond acceptors (Lipinski definition) is 5. The summed E-state index contributed by atoms with van der Waals surface area (Å²) < 4.78 is 5.55. The molecule has 0 fully saturated rings. The Hall–Kier alpha value is -2.50. The quantitative estimate of drug-likeness (QED) is 0.613. The largest absolute Gasteiger partial charge is 0.507 e. The van der Waals surface area contributed by atoms with Gasteiger partial charge in [-0.25, -0.2) is 0 Å². The fourth-order valence-electron chi connectivity index (χ4n) is 3.72. The molecule has 2 aromatic carbocycles. The zero-order chi connectivity index (χ0) is 20.8. The molecule has 3 aromatic rings. The van der Waals surface area contributed by atoms with E-state index in [0.717, 1.165) is 30.8 Å². The Kier molecular flexibility index (Phi) is 5.05. The van der Waals surface area contributed by atoms with Crippen molar-refractivity contribution in [1.82, 2.24) is 10.1 Å². The summed E-state index contributed by atoms with van der Waals surface area (Å²) in [5.41, 5.74) is 5.03. The highest BCUT2D eigenvalue weighted by atomic mass is 35.5. The van der Waals surface area contributed by atoms with Crippen molar-refractivity contribution >= 4 is 11.6 Å². The summed E-state index contributed by atoms with van der Waals surface area (Å²) in [5, 5.41) is 24.3. The molecule has 152 valence electrons. The fourth-order valence-corrected chi connectivity index (χ4v) is 3.88. The predicted molar refractivity (Wildman–Crippen MR) is 113 cm³/mol. The van der Waals surface area contributed by atoms with Gasteiger partial charge < -0.3 is 14.7 Å². The van der Waals surface area contributed by atoms with Gasteiger partial charge in [-0.15, -0.1) is 0 Å². The van der Waals surface area contributed by atoms with E-state index in [1.165, 1.54) is 23.3 Å². The van der Waals surface area contributed by atoms with Gasteiger partial charge in [0.1, 0.15) is 11.5 Å². The number of rotatable bonds is 3. The maximum Gasteiger partial charge on any atom is 0.175 e. The van der Waals surface area contributed by atoms with E-state index in [-0.39, 0.29) is 21.9 Å². The van der Waals surface area contributed by atoms with Gasteiger partial charge in [0.25, 0.3) is 0 Å². The van der Waals surface area contributed by atoms with Gasteiger partial charge in [0.15, 0.2) is 5.76 Å². The van der Waals surface area contributed by atoms with Crippen molar-refractivity contribution in [3.63, 3.8) is 0 Å². The second-order valence-electron chi connectivity index (χ2n) is 8.67. The standard InChI is InChI=1S/C23H25ClN2O3/c1-23(2,3)15-6-4-14(5-7-15)12-26-9-8-19-17(13-26)22(29-25-19)16-10-18(24)21(28)11-20(16)27/h4-7,10-11,27-28H,8-9,12-13H2,1-3H3. The number of phenolic OH excluding ortho intramolecular Hbond substituents is 2. The highest BCUT2D eigenvalue weighted by molar-refractivity contribution is 6.32. The van der Waals surface area contributed by atoms with Crippen LogP contribution in [0.1, 0.15) is 43.2 Å². The van der Waals surface area contributed by atoms with Crippen molar-refractivity contribution in [2.45, 2.75) is 45.7 Å². The van der Waals surface area contributed by atoms with Crippen LogP contribution in [0.25, 0.3) is 11.3 Å². The smallest absolute Gasteiger partial charge is 0.175 e. The molecule has 2 N–H and O–H groups in total. The van der Waals surface area contributed by atoms with Crippen LogP contribution in [0, 0.1) is 0 Å². The van der Waals surface area contributed by atoms with Crippen LogP contribution in [0.3, 0.4) is 0 Å². The minimum atomic E-state index is -0.165.